The van der Waals surface area contributed by atoms with Crippen LogP contribution in [0.25, 0.3) is 0 Å². The first kappa shape index (κ1) is 32.1. The smallest absolute Gasteiger partial charge is 0.460 e. The Balaban J connectivity index is 3.26. The summed E-state index contributed by atoms with van der Waals surface area (Å²) < 4.78 is 181. The first-order valence-electron chi connectivity index (χ1n) is 9.66. The Labute approximate surface area is 198 Å². The number of carbonyl (C=O) groups excluding carboxylic acids is 2. The molecule has 0 aliphatic heterocycles. The van der Waals surface area contributed by atoms with E-state index in [1.165, 1.54) is 35.6 Å². The van der Waals surface area contributed by atoms with Gasteiger partial charge in [0.15, 0.2) is 0 Å². The fraction of sp³-hybridized carbons (Fsp3) is 0.579. The molecular formula is C19H16F13NO4. The number of rotatable bonds is 11. The SMILES string of the molecule is CCOC(=O)C(CC(F)(F)C(F)(F)C(F)(F)C(F)(F)C(F)(F)C(F)(F)F)NC(=O)OCc1ccccc1. The van der Waals surface area contributed by atoms with Gasteiger partial charge in [-0.2, -0.15) is 57.1 Å². The highest BCUT2D eigenvalue weighted by molar-refractivity contribution is 5.81. The number of halogens is 13. The molecule has 0 radical (unpaired) electrons. The van der Waals surface area contributed by atoms with Gasteiger partial charge in [-0.05, 0) is 12.5 Å². The summed E-state index contributed by atoms with van der Waals surface area (Å²) in [6.07, 6.45) is -12.4. The van der Waals surface area contributed by atoms with Crippen molar-refractivity contribution in [3.8, 4) is 0 Å². The summed E-state index contributed by atoms with van der Waals surface area (Å²) in [6.45, 7) is -0.251. The minimum absolute atomic E-state index is 0.273. The number of carbonyl (C=O) groups is 2. The minimum atomic E-state index is -8.09. The third kappa shape index (κ3) is 6.31. The van der Waals surface area contributed by atoms with Crippen molar-refractivity contribution in [2.45, 2.75) is 61.8 Å². The van der Waals surface area contributed by atoms with Crippen LogP contribution in [0.5, 0.6) is 0 Å². The van der Waals surface area contributed by atoms with Gasteiger partial charge in [0, 0.05) is 6.42 Å². The van der Waals surface area contributed by atoms with Crippen LogP contribution >= 0.6 is 0 Å². The van der Waals surface area contributed by atoms with Gasteiger partial charge in [0.25, 0.3) is 0 Å². The van der Waals surface area contributed by atoms with Crippen molar-refractivity contribution in [3.63, 3.8) is 0 Å². The summed E-state index contributed by atoms with van der Waals surface area (Å²) in [6, 6.07) is 4.18. The van der Waals surface area contributed by atoms with Crippen molar-refractivity contribution >= 4 is 12.1 Å². The lowest BCUT2D eigenvalue weighted by Gasteiger charge is -2.40. The van der Waals surface area contributed by atoms with Crippen molar-refractivity contribution in [3.05, 3.63) is 35.9 Å². The van der Waals surface area contributed by atoms with Crippen molar-refractivity contribution in [1.29, 1.82) is 0 Å². The Bertz CT molecular complexity index is 936. The summed E-state index contributed by atoms with van der Waals surface area (Å²) in [5.41, 5.74) is 0.273. The summed E-state index contributed by atoms with van der Waals surface area (Å²) in [5.74, 6) is -40.2. The van der Waals surface area contributed by atoms with Gasteiger partial charge in [-0.15, -0.1) is 0 Å². The van der Waals surface area contributed by atoms with E-state index in [9.17, 15) is 66.7 Å². The van der Waals surface area contributed by atoms with E-state index >= 15 is 0 Å². The van der Waals surface area contributed by atoms with E-state index in [1.54, 1.807) is 0 Å². The maximum atomic E-state index is 14.2. The van der Waals surface area contributed by atoms with Crippen molar-refractivity contribution in [2.75, 3.05) is 6.61 Å². The molecule has 1 aromatic rings. The molecule has 0 aliphatic rings. The van der Waals surface area contributed by atoms with Gasteiger partial charge in [-0.1, -0.05) is 30.3 Å². The monoisotopic (exact) mass is 569 g/mol. The number of alkyl halides is 13. The molecule has 5 nitrogen and oxygen atoms in total. The Hall–Kier alpha value is -2.95. The predicted molar refractivity (Wildman–Crippen MR) is 95.6 cm³/mol. The average molecular weight is 569 g/mol. The molecule has 37 heavy (non-hydrogen) atoms. The molecule has 1 unspecified atom stereocenters. The number of esters is 1. The molecule has 1 N–H and O–H groups in total. The fourth-order valence-electron chi connectivity index (χ4n) is 2.53. The zero-order chi connectivity index (χ0) is 29.1. The molecule has 1 amide bonds. The largest absolute Gasteiger partial charge is 0.464 e. The highest BCUT2D eigenvalue weighted by atomic mass is 19.4. The lowest BCUT2D eigenvalue weighted by molar-refractivity contribution is -0.440. The number of benzene rings is 1. The number of hydrogen-bond acceptors (Lipinski definition) is 4. The second kappa shape index (κ2) is 10.8. The Kier molecular flexibility index (Phi) is 9.37. The molecule has 1 rings (SSSR count). The van der Waals surface area contributed by atoms with Gasteiger partial charge < -0.3 is 14.8 Å². The van der Waals surface area contributed by atoms with Gasteiger partial charge in [-0.3, -0.25) is 0 Å². The molecule has 1 aromatic carbocycles. The van der Waals surface area contributed by atoms with Crippen LogP contribution in [-0.2, 0) is 20.9 Å². The van der Waals surface area contributed by atoms with Crippen LogP contribution in [0.4, 0.5) is 61.9 Å². The van der Waals surface area contributed by atoms with E-state index < -0.39 is 73.5 Å². The van der Waals surface area contributed by atoms with Gasteiger partial charge in [0.05, 0.1) is 6.61 Å². The third-order valence-electron chi connectivity index (χ3n) is 4.53. The molecule has 0 bridgehead atoms. The number of alkyl carbamates (subject to hydrolysis) is 1. The quantitative estimate of drug-likeness (QED) is 0.264. The zero-order valence-electron chi connectivity index (χ0n) is 18.1. The van der Waals surface area contributed by atoms with Crippen LogP contribution in [0, 0.1) is 0 Å². The summed E-state index contributed by atoms with van der Waals surface area (Å²) in [5, 5.41) is 1.24. The lowest BCUT2D eigenvalue weighted by atomic mass is 9.91. The molecule has 1 atom stereocenters. The summed E-state index contributed by atoms with van der Waals surface area (Å²) >= 11 is 0. The average Bonchev–Trinajstić information content (AvgIpc) is 2.76. The molecule has 0 spiro atoms. The van der Waals surface area contributed by atoms with E-state index in [2.05, 4.69) is 9.47 Å². The first-order chi connectivity index (χ1) is 16.6. The van der Waals surface area contributed by atoms with Crippen LogP contribution in [0.3, 0.4) is 0 Å². The summed E-state index contributed by atoms with van der Waals surface area (Å²) in [4.78, 5) is 23.6. The van der Waals surface area contributed by atoms with Crippen LogP contribution in [0.15, 0.2) is 30.3 Å². The Morgan fingerprint density at radius 2 is 1.24 bits per heavy atom. The highest BCUT2D eigenvalue weighted by Crippen LogP contribution is 2.60. The number of ether oxygens (including phenoxy) is 2. The van der Waals surface area contributed by atoms with Crippen LogP contribution in [0.2, 0.25) is 0 Å². The normalized spacial score (nSPS) is 14.6. The van der Waals surface area contributed by atoms with E-state index in [1.807, 2.05) is 0 Å². The van der Waals surface area contributed by atoms with E-state index in [4.69, 9.17) is 0 Å². The van der Waals surface area contributed by atoms with Crippen molar-refractivity contribution < 1.29 is 76.1 Å². The number of hydrogen-bond donors (Lipinski definition) is 1. The molecule has 18 heteroatoms. The van der Waals surface area contributed by atoms with Crippen molar-refractivity contribution in [1.82, 2.24) is 5.32 Å². The fourth-order valence-corrected chi connectivity index (χ4v) is 2.53. The minimum Gasteiger partial charge on any atom is -0.464 e. The maximum Gasteiger partial charge on any atom is 0.460 e. The van der Waals surface area contributed by atoms with Gasteiger partial charge in [-0.25, -0.2) is 9.59 Å². The second-order valence-electron chi connectivity index (χ2n) is 7.21. The van der Waals surface area contributed by atoms with Crippen LogP contribution < -0.4 is 5.32 Å². The van der Waals surface area contributed by atoms with E-state index in [0.29, 0.717) is 0 Å². The van der Waals surface area contributed by atoms with Gasteiger partial charge in [0.1, 0.15) is 12.6 Å². The van der Waals surface area contributed by atoms with E-state index in [-0.39, 0.29) is 5.56 Å². The molecule has 0 heterocycles. The van der Waals surface area contributed by atoms with Crippen LogP contribution in [0.1, 0.15) is 18.9 Å². The Morgan fingerprint density at radius 1 is 0.757 bits per heavy atom. The molecule has 0 saturated heterocycles. The number of amides is 1. The molecule has 0 aromatic heterocycles. The molecule has 0 saturated carbocycles. The molecule has 0 aliphatic carbocycles. The second-order valence-corrected chi connectivity index (χ2v) is 7.21. The van der Waals surface area contributed by atoms with E-state index in [0.717, 1.165) is 6.92 Å². The molecule has 0 fully saturated rings. The molecular weight excluding hydrogens is 553 g/mol. The van der Waals surface area contributed by atoms with Crippen LogP contribution in [-0.4, -0.2) is 60.5 Å². The number of nitrogens with one attached hydrogen (secondary N) is 1. The summed E-state index contributed by atoms with van der Waals surface area (Å²) in [7, 11) is 0. The maximum absolute atomic E-state index is 14.2. The Morgan fingerprint density at radius 3 is 1.70 bits per heavy atom. The topological polar surface area (TPSA) is 64.6 Å². The lowest BCUT2D eigenvalue weighted by Crippen LogP contribution is -2.70. The van der Waals surface area contributed by atoms with Crippen molar-refractivity contribution in [2.24, 2.45) is 0 Å². The zero-order valence-corrected chi connectivity index (χ0v) is 18.1. The molecule has 212 valence electrons. The predicted octanol–water partition coefficient (Wildman–Crippen LogP) is 5.97. The standard InChI is InChI=1S/C19H16F13NO4/c1-2-36-12(34)11(33-13(35)37-9-10-6-4-3-5-7-10)8-14(20,21)15(22,23)16(24,25)17(26,27)18(28,29)19(30,31)32/h3-7,11H,2,8-9H2,1H3,(H,33,35). The van der Waals surface area contributed by atoms with Gasteiger partial charge >= 0.3 is 47.9 Å². The first-order valence-corrected chi connectivity index (χ1v) is 9.66. The third-order valence-corrected chi connectivity index (χ3v) is 4.53. The van der Waals surface area contributed by atoms with Gasteiger partial charge in [0.2, 0.25) is 0 Å². The highest BCUT2D eigenvalue weighted by Gasteiger charge is 2.90.